The van der Waals surface area contributed by atoms with Crippen molar-refractivity contribution in [1.82, 2.24) is 15.1 Å². The van der Waals surface area contributed by atoms with Crippen molar-refractivity contribution in [1.29, 1.82) is 0 Å². The number of piperidine rings is 2. The molecule has 1 saturated carbocycles. The predicted octanol–water partition coefficient (Wildman–Crippen LogP) is 3.58. The van der Waals surface area contributed by atoms with Gasteiger partial charge in [0.25, 0.3) is 0 Å². The lowest BCUT2D eigenvalue weighted by molar-refractivity contribution is -0.138. The second-order valence-corrected chi connectivity index (χ2v) is 9.39. The van der Waals surface area contributed by atoms with Gasteiger partial charge in [0.05, 0.1) is 0 Å². The van der Waals surface area contributed by atoms with Crippen LogP contribution in [0, 0.1) is 11.8 Å². The summed E-state index contributed by atoms with van der Waals surface area (Å²) in [6.45, 7) is 7.13. The molecule has 0 aromatic rings. The largest absolute Gasteiger partial charge is 0.356 e. The van der Waals surface area contributed by atoms with E-state index < -0.39 is 0 Å². The number of carbonyl (C=O) groups excluding carboxylic acids is 2. The fourth-order valence-electron chi connectivity index (χ4n) is 5.30. The number of hydrogen-bond donors (Lipinski definition) is 1. The first-order valence-corrected chi connectivity index (χ1v) is 11.9. The molecule has 5 heteroatoms. The van der Waals surface area contributed by atoms with E-state index in [0.29, 0.717) is 24.3 Å². The van der Waals surface area contributed by atoms with E-state index in [2.05, 4.69) is 22.0 Å². The number of nitrogens with one attached hydrogen (secondary N) is 1. The van der Waals surface area contributed by atoms with Gasteiger partial charge in [0, 0.05) is 44.6 Å². The molecule has 1 aliphatic carbocycles. The molecule has 0 unspecified atom stereocenters. The summed E-state index contributed by atoms with van der Waals surface area (Å²) >= 11 is 0. The Kier molecular flexibility index (Phi) is 8.63. The van der Waals surface area contributed by atoms with E-state index >= 15 is 0 Å². The molecule has 28 heavy (non-hydrogen) atoms. The zero-order valence-corrected chi connectivity index (χ0v) is 18.0. The molecule has 3 fully saturated rings. The van der Waals surface area contributed by atoms with Crippen LogP contribution in [0.15, 0.2) is 0 Å². The van der Waals surface area contributed by atoms with Crippen LogP contribution in [-0.2, 0) is 9.59 Å². The molecule has 0 bridgehead atoms. The second kappa shape index (κ2) is 11.2. The zero-order valence-electron chi connectivity index (χ0n) is 18.0. The van der Waals surface area contributed by atoms with Crippen molar-refractivity contribution in [3.8, 4) is 0 Å². The third kappa shape index (κ3) is 6.47. The molecule has 3 rings (SSSR count). The van der Waals surface area contributed by atoms with Gasteiger partial charge in [-0.3, -0.25) is 9.59 Å². The minimum absolute atomic E-state index is 0.198. The van der Waals surface area contributed by atoms with E-state index in [0.717, 1.165) is 58.3 Å². The van der Waals surface area contributed by atoms with Gasteiger partial charge in [-0.1, -0.05) is 25.7 Å². The lowest BCUT2D eigenvalue weighted by Gasteiger charge is -2.35. The molecule has 2 heterocycles. The van der Waals surface area contributed by atoms with E-state index in [1.165, 1.54) is 45.1 Å². The Labute approximate surface area is 171 Å². The number of hydrogen-bond acceptors (Lipinski definition) is 3. The average molecular weight is 392 g/mol. The lowest BCUT2D eigenvalue weighted by atomic mass is 9.87. The van der Waals surface area contributed by atoms with E-state index in [1.54, 1.807) is 0 Å². The molecule has 1 atom stereocenters. The van der Waals surface area contributed by atoms with Crippen molar-refractivity contribution in [3.05, 3.63) is 0 Å². The SMILES string of the molecule is C[C@@H]1CCCCN1CCCNC(=O)CC1CCN(C(=O)C2CCCCC2)CC1. The molecule has 2 amide bonds. The third-order valence-corrected chi connectivity index (χ3v) is 7.24. The molecule has 0 aromatic heterocycles. The van der Waals surface area contributed by atoms with Gasteiger partial charge in [0.15, 0.2) is 0 Å². The second-order valence-electron chi connectivity index (χ2n) is 9.39. The Morgan fingerprint density at radius 1 is 0.893 bits per heavy atom. The fraction of sp³-hybridized carbons (Fsp3) is 0.913. The van der Waals surface area contributed by atoms with Crippen molar-refractivity contribution in [2.45, 2.75) is 90.0 Å². The highest BCUT2D eigenvalue weighted by molar-refractivity contribution is 5.79. The number of rotatable bonds is 7. The summed E-state index contributed by atoms with van der Waals surface area (Å²) in [6, 6.07) is 0.700. The van der Waals surface area contributed by atoms with Gasteiger partial charge in [0.2, 0.25) is 11.8 Å². The van der Waals surface area contributed by atoms with Crippen LogP contribution in [0.3, 0.4) is 0 Å². The Morgan fingerprint density at radius 2 is 1.61 bits per heavy atom. The smallest absolute Gasteiger partial charge is 0.225 e. The van der Waals surface area contributed by atoms with Crippen LogP contribution >= 0.6 is 0 Å². The summed E-state index contributed by atoms with van der Waals surface area (Å²) < 4.78 is 0. The minimum Gasteiger partial charge on any atom is -0.356 e. The molecule has 0 spiro atoms. The molecular formula is C23H41N3O2. The summed E-state index contributed by atoms with van der Waals surface area (Å²) in [5.41, 5.74) is 0. The van der Waals surface area contributed by atoms with Crippen molar-refractivity contribution >= 4 is 11.8 Å². The highest BCUT2D eigenvalue weighted by atomic mass is 16.2. The van der Waals surface area contributed by atoms with Crippen LogP contribution in [0.4, 0.5) is 0 Å². The van der Waals surface area contributed by atoms with Gasteiger partial charge in [-0.25, -0.2) is 0 Å². The van der Waals surface area contributed by atoms with Crippen molar-refractivity contribution in [2.24, 2.45) is 11.8 Å². The number of carbonyl (C=O) groups is 2. The molecule has 0 aromatic carbocycles. The van der Waals surface area contributed by atoms with E-state index in [1.807, 2.05) is 0 Å². The maximum Gasteiger partial charge on any atom is 0.225 e. The van der Waals surface area contributed by atoms with Gasteiger partial charge in [0.1, 0.15) is 0 Å². The molecule has 0 radical (unpaired) electrons. The van der Waals surface area contributed by atoms with Crippen LogP contribution in [0.5, 0.6) is 0 Å². The summed E-state index contributed by atoms with van der Waals surface area (Å²) in [4.78, 5) is 29.6. The Bertz CT molecular complexity index is 496. The topological polar surface area (TPSA) is 52.7 Å². The van der Waals surface area contributed by atoms with Crippen LogP contribution in [0.2, 0.25) is 0 Å². The van der Waals surface area contributed by atoms with Crippen LogP contribution < -0.4 is 5.32 Å². The average Bonchev–Trinajstić information content (AvgIpc) is 2.73. The fourth-order valence-corrected chi connectivity index (χ4v) is 5.30. The van der Waals surface area contributed by atoms with Gasteiger partial charge in [-0.2, -0.15) is 0 Å². The number of amides is 2. The summed E-state index contributed by atoms with van der Waals surface area (Å²) in [5.74, 6) is 1.30. The van der Waals surface area contributed by atoms with Crippen LogP contribution in [0.25, 0.3) is 0 Å². The first-order valence-electron chi connectivity index (χ1n) is 11.9. The molecule has 1 N–H and O–H groups in total. The number of likely N-dealkylation sites (tertiary alicyclic amines) is 2. The number of nitrogens with zero attached hydrogens (tertiary/aromatic N) is 2. The Hall–Kier alpha value is -1.10. The van der Waals surface area contributed by atoms with Crippen molar-refractivity contribution in [3.63, 3.8) is 0 Å². The van der Waals surface area contributed by atoms with Crippen LogP contribution in [0.1, 0.15) is 84.0 Å². The molecular weight excluding hydrogens is 350 g/mol. The highest BCUT2D eigenvalue weighted by Crippen LogP contribution is 2.28. The quantitative estimate of drug-likeness (QED) is 0.675. The lowest BCUT2D eigenvalue weighted by Crippen LogP contribution is -2.43. The first-order chi connectivity index (χ1) is 13.6. The van der Waals surface area contributed by atoms with E-state index in [9.17, 15) is 9.59 Å². The Balaban J connectivity index is 1.26. The molecule has 160 valence electrons. The van der Waals surface area contributed by atoms with Gasteiger partial charge >= 0.3 is 0 Å². The Morgan fingerprint density at radius 3 is 2.32 bits per heavy atom. The first kappa shape index (κ1) is 21.6. The summed E-state index contributed by atoms with van der Waals surface area (Å²) in [5, 5.41) is 3.12. The van der Waals surface area contributed by atoms with E-state index in [4.69, 9.17) is 0 Å². The molecule has 2 saturated heterocycles. The maximum atomic E-state index is 12.7. The molecule has 5 nitrogen and oxygen atoms in total. The predicted molar refractivity (Wildman–Crippen MR) is 113 cm³/mol. The van der Waals surface area contributed by atoms with Crippen molar-refractivity contribution in [2.75, 3.05) is 32.7 Å². The van der Waals surface area contributed by atoms with E-state index in [-0.39, 0.29) is 11.8 Å². The van der Waals surface area contributed by atoms with Gasteiger partial charge < -0.3 is 15.1 Å². The normalized spacial score (nSPS) is 25.6. The summed E-state index contributed by atoms with van der Waals surface area (Å²) in [7, 11) is 0. The maximum absolute atomic E-state index is 12.7. The minimum atomic E-state index is 0.198. The third-order valence-electron chi connectivity index (χ3n) is 7.24. The molecule has 2 aliphatic heterocycles. The zero-order chi connectivity index (χ0) is 19.8. The van der Waals surface area contributed by atoms with Crippen molar-refractivity contribution < 1.29 is 9.59 Å². The monoisotopic (exact) mass is 391 g/mol. The van der Waals surface area contributed by atoms with Crippen LogP contribution in [-0.4, -0.2) is 60.4 Å². The van der Waals surface area contributed by atoms with Gasteiger partial charge in [-0.05, 0) is 64.3 Å². The summed E-state index contributed by atoms with van der Waals surface area (Å²) in [6.07, 6.45) is 13.5. The highest BCUT2D eigenvalue weighted by Gasteiger charge is 2.29. The molecule has 3 aliphatic rings. The standard InChI is InChI=1S/C23H41N3O2/c1-19-8-5-6-14-25(19)15-7-13-24-22(27)18-20-11-16-26(17-12-20)23(28)21-9-3-2-4-10-21/h19-21H,2-18H2,1H3,(H,24,27)/t19-/m1/s1. The van der Waals surface area contributed by atoms with Gasteiger partial charge in [-0.15, -0.1) is 0 Å².